The van der Waals surface area contributed by atoms with Gasteiger partial charge in [0.2, 0.25) is 5.78 Å². The Kier molecular flexibility index (Phi) is 4.85. The summed E-state index contributed by atoms with van der Waals surface area (Å²) in [5, 5.41) is 9.79. The fourth-order valence-corrected chi connectivity index (χ4v) is 2.66. The zero-order valence-electron chi connectivity index (χ0n) is 14.6. The summed E-state index contributed by atoms with van der Waals surface area (Å²) in [7, 11) is 0. The molecule has 0 saturated heterocycles. The van der Waals surface area contributed by atoms with Crippen molar-refractivity contribution < 1.29 is 28.6 Å². The molecule has 3 rings (SSSR count). The first-order valence-corrected chi connectivity index (χ1v) is 7.99. The number of phenols is 1. The Balaban J connectivity index is 2.09. The van der Waals surface area contributed by atoms with Gasteiger partial charge in [-0.1, -0.05) is 18.2 Å². The Morgan fingerprint density at radius 3 is 2.52 bits per heavy atom. The molecule has 3 aromatic rings. The third-order valence-corrected chi connectivity index (χ3v) is 3.94. The van der Waals surface area contributed by atoms with E-state index in [2.05, 4.69) is 4.98 Å². The maximum absolute atomic E-state index is 13.0. The van der Waals surface area contributed by atoms with Crippen LogP contribution in [0.2, 0.25) is 0 Å². The second kappa shape index (κ2) is 7.25. The third kappa shape index (κ3) is 3.35. The van der Waals surface area contributed by atoms with Crippen molar-refractivity contribution in [3.63, 3.8) is 0 Å². The van der Waals surface area contributed by atoms with Crippen LogP contribution >= 0.6 is 0 Å². The summed E-state index contributed by atoms with van der Waals surface area (Å²) >= 11 is 0. The summed E-state index contributed by atoms with van der Waals surface area (Å²) in [6.45, 7) is 3.13. The SMILES string of the molecule is Cc1cccnc1C(=O)c1c(C=O)oc(C)c1C(=O)Oc1ccccc1O. The van der Waals surface area contributed by atoms with E-state index in [1.165, 1.54) is 25.3 Å². The van der Waals surface area contributed by atoms with E-state index in [0.29, 0.717) is 11.8 Å². The number of phenolic OH excluding ortho intramolecular Hbond substituents is 1. The van der Waals surface area contributed by atoms with Gasteiger partial charge in [-0.15, -0.1) is 0 Å². The molecule has 0 bridgehead atoms. The van der Waals surface area contributed by atoms with Crippen molar-refractivity contribution in [1.82, 2.24) is 4.98 Å². The summed E-state index contributed by atoms with van der Waals surface area (Å²) in [5.41, 5.74) is 0.274. The van der Waals surface area contributed by atoms with E-state index in [0.717, 1.165) is 0 Å². The van der Waals surface area contributed by atoms with Crippen LogP contribution in [0, 0.1) is 13.8 Å². The molecular formula is C20H15NO6. The second-order valence-electron chi connectivity index (χ2n) is 5.75. The molecule has 7 heteroatoms. The normalized spacial score (nSPS) is 10.4. The van der Waals surface area contributed by atoms with Crippen LogP contribution in [0.4, 0.5) is 0 Å². The molecule has 1 aromatic carbocycles. The lowest BCUT2D eigenvalue weighted by Crippen LogP contribution is -2.16. The molecule has 7 nitrogen and oxygen atoms in total. The number of hydrogen-bond donors (Lipinski definition) is 1. The van der Waals surface area contributed by atoms with Crippen LogP contribution in [0.5, 0.6) is 11.5 Å². The van der Waals surface area contributed by atoms with Gasteiger partial charge in [-0.2, -0.15) is 0 Å². The summed E-state index contributed by atoms with van der Waals surface area (Å²) in [4.78, 5) is 41.1. The molecule has 0 radical (unpaired) electrons. The molecule has 0 saturated carbocycles. The number of ketones is 1. The standard InChI is InChI=1S/C20H15NO6/c1-11-6-5-9-21-18(11)19(24)17-15(10-22)26-12(2)16(17)20(25)27-14-8-4-3-7-13(14)23/h3-10,23H,1-2H3. The average Bonchev–Trinajstić information content (AvgIpc) is 3.00. The van der Waals surface area contributed by atoms with Gasteiger partial charge in [-0.3, -0.25) is 14.6 Å². The maximum Gasteiger partial charge on any atom is 0.348 e. The number of benzene rings is 1. The van der Waals surface area contributed by atoms with Gasteiger partial charge in [0.05, 0.1) is 5.56 Å². The van der Waals surface area contributed by atoms with Crippen molar-refractivity contribution >= 4 is 18.0 Å². The highest BCUT2D eigenvalue weighted by Crippen LogP contribution is 2.29. The predicted molar refractivity (Wildman–Crippen MR) is 94.3 cm³/mol. The van der Waals surface area contributed by atoms with Gasteiger partial charge < -0.3 is 14.3 Å². The molecule has 0 fully saturated rings. The van der Waals surface area contributed by atoms with Crippen molar-refractivity contribution in [3.8, 4) is 11.5 Å². The van der Waals surface area contributed by atoms with E-state index in [1.807, 2.05) is 0 Å². The Morgan fingerprint density at radius 1 is 1.11 bits per heavy atom. The lowest BCUT2D eigenvalue weighted by molar-refractivity contribution is 0.0724. The summed E-state index contributed by atoms with van der Waals surface area (Å²) in [6, 6.07) is 9.25. The van der Waals surface area contributed by atoms with Gasteiger partial charge in [-0.25, -0.2) is 4.79 Å². The molecule has 0 aliphatic rings. The van der Waals surface area contributed by atoms with E-state index in [-0.39, 0.29) is 39.8 Å². The lowest BCUT2D eigenvalue weighted by Gasteiger charge is -2.08. The number of aldehydes is 1. The molecule has 0 amide bonds. The number of carbonyl (C=O) groups excluding carboxylic acids is 3. The van der Waals surface area contributed by atoms with Crippen LogP contribution in [0.3, 0.4) is 0 Å². The van der Waals surface area contributed by atoms with Gasteiger partial charge in [0.25, 0.3) is 0 Å². The molecule has 0 atom stereocenters. The maximum atomic E-state index is 13.0. The number of nitrogens with zero attached hydrogens (tertiary/aromatic N) is 1. The Morgan fingerprint density at radius 2 is 1.85 bits per heavy atom. The van der Waals surface area contributed by atoms with Crippen LogP contribution in [-0.4, -0.2) is 28.1 Å². The highest BCUT2D eigenvalue weighted by molar-refractivity contribution is 6.17. The molecule has 27 heavy (non-hydrogen) atoms. The van der Waals surface area contributed by atoms with Crippen molar-refractivity contribution in [3.05, 3.63) is 76.5 Å². The number of para-hydroxylation sites is 2. The van der Waals surface area contributed by atoms with E-state index in [1.54, 1.807) is 31.2 Å². The Bertz CT molecular complexity index is 1050. The Hall–Kier alpha value is -3.74. The number of esters is 1. The first-order chi connectivity index (χ1) is 12.9. The van der Waals surface area contributed by atoms with Crippen molar-refractivity contribution in [1.29, 1.82) is 0 Å². The number of rotatable bonds is 5. The van der Waals surface area contributed by atoms with E-state index in [9.17, 15) is 19.5 Å². The molecule has 2 aromatic heterocycles. The number of pyridine rings is 1. The summed E-state index contributed by atoms with van der Waals surface area (Å²) in [5.74, 6) is -2.11. The highest BCUT2D eigenvalue weighted by Gasteiger charge is 2.31. The number of aromatic hydroxyl groups is 1. The second-order valence-corrected chi connectivity index (χ2v) is 5.75. The van der Waals surface area contributed by atoms with Gasteiger partial charge in [-0.05, 0) is 37.6 Å². The molecule has 1 N–H and O–H groups in total. The van der Waals surface area contributed by atoms with Crippen molar-refractivity contribution in [2.75, 3.05) is 0 Å². The van der Waals surface area contributed by atoms with Crippen molar-refractivity contribution in [2.24, 2.45) is 0 Å². The first kappa shape index (κ1) is 18.1. The zero-order valence-corrected chi connectivity index (χ0v) is 14.6. The van der Waals surface area contributed by atoms with E-state index < -0.39 is 11.8 Å². The fourth-order valence-electron chi connectivity index (χ4n) is 2.66. The number of carbonyl (C=O) groups is 3. The fraction of sp³-hybridized carbons (Fsp3) is 0.100. The molecule has 2 heterocycles. The van der Waals surface area contributed by atoms with Crippen LogP contribution < -0.4 is 4.74 Å². The minimum absolute atomic E-state index is 0.0504. The van der Waals surface area contributed by atoms with Gasteiger partial charge in [0, 0.05) is 6.20 Å². The molecule has 0 spiro atoms. The monoisotopic (exact) mass is 365 g/mol. The van der Waals surface area contributed by atoms with Crippen LogP contribution in [0.1, 0.15) is 48.3 Å². The van der Waals surface area contributed by atoms with Crippen molar-refractivity contribution in [2.45, 2.75) is 13.8 Å². The van der Waals surface area contributed by atoms with Gasteiger partial charge in [0.1, 0.15) is 17.0 Å². The third-order valence-electron chi connectivity index (χ3n) is 3.94. The minimum Gasteiger partial charge on any atom is -0.504 e. The number of hydrogen-bond acceptors (Lipinski definition) is 7. The largest absolute Gasteiger partial charge is 0.504 e. The van der Waals surface area contributed by atoms with E-state index in [4.69, 9.17) is 9.15 Å². The molecule has 0 aliphatic carbocycles. The molecule has 0 aliphatic heterocycles. The average molecular weight is 365 g/mol. The number of aryl methyl sites for hydroxylation is 2. The first-order valence-electron chi connectivity index (χ1n) is 7.99. The zero-order chi connectivity index (χ0) is 19.6. The van der Waals surface area contributed by atoms with Crippen LogP contribution in [0.25, 0.3) is 0 Å². The number of furan rings is 1. The van der Waals surface area contributed by atoms with Crippen LogP contribution in [0.15, 0.2) is 47.0 Å². The van der Waals surface area contributed by atoms with E-state index >= 15 is 0 Å². The minimum atomic E-state index is -0.928. The Labute approximate surface area is 154 Å². The number of aromatic nitrogens is 1. The molecule has 136 valence electrons. The smallest absolute Gasteiger partial charge is 0.348 e. The number of ether oxygens (including phenoxy) is 1. The van der Waals surface area contributed by atoms with Gasteiger partial charge in [0.15, 0.2) is 23.5 Å². The highest BCUT2D eigenvalue weighted by atomic mass is 16.5. The molecular weight excluding hydrogens is 350 g/mol. The quantitative estimate of drug-likeness (QED) is 0.320. The predicted octanol–water partition coefficient (Wildman–Crippen LogP) is 3.26. The topological polar surface area (TPSA) is 107 Å². The lowest BCUT2D eigenvalue weighted by atomic mass is 10.00. The summed E-state index contributed by atoms with van der Waals surface area (Å²) in [6.07, 6.45) is 1.79. The van der Waals surface area contributed by atoms with Gasteiger partial charge >= 0.3 is 5.97 Å². The van der Waals surface area contributed by atoms with Crippen LogP contribution in [-0.2, 0) is 0 Å². The molecule has 0 unspecified atom stereocenters. The summed E-state index contributed by atoms with van der Waals surface area (Å²) < 4.78 is 10.5.